The third-order valence-corrected chi connectivity index (χ3v) is 5.51. The van der Waals surface area contributed by atoms with E-state index in [1.807, 2.05) is 24.3 Å². The lowest BCUT2D eigenvalue weighted by Crippen LogP contribution is -2.44. The number of carbonyl (C=O) groups excluding carboxylic acids is 1. The van der Waals surface area contributed by atoms with E-state index in [1.165, 1.54) is 6.33 Å². The Balaban J connectivity index is 1.35. The van der Waals surface area contributed by atoms with Crippen LogP contribution in [0.25, 0.3) is 16.7 Å². The molecule has 5 heterocycles. The molecule has 156 valence electrons. The first kappa shape index (κ1) is 19.3. The summed E-state index contributed by atoms with van der Waals surface area (Å²) in [6.07, 6.45) is 6.73. The average molecular weight is 414 g/mol. The van der Waals surface area contributed by atoms with E-state index in [9.17, 15) is 4.79 Å². The van der Waals surface area contributed by atoms with Crippen molar-refractivity contribution in [2.45, 2.75) is 6.42 Å². The lowest BCUT2D eigenvalue weighted by Gasteiger charge is -2.33. The fourth-order valence-corrected chi connectivity index (χ4v) is 3.66. The Morgan fingerprint density at radius 3 is 2.71 bits per heavy atom. The van der Waals surface area contributed by atoms with E-state index in [1.54, 1.807) is 29.5 Å². The lowest BCUT2D eigenvalue weighted by molar-refractivity contribution is 0.0992. The molecule has 1 fully saturated rings. The summed E-state index contributed by atoms with van der Waals surface area (Å²) in [6, 6.07) is 9.31. The van der Waals surface area contributed by atoms with Gasteiger partial charge in [-0.25, -0.2) is 19.6 Å². The van der Waals surface area contributed by atoms with Crippen LogP contribution in [-0.2, 0) is 6.42 Å². The Hall–Kier alpha value is -3.72. The van der Waals surface area contributed by atoms with Crippen molar-refractivity contribution in [2.75, 3.05) is 38.1 Å². The summed E-state index contributed by atoms with van der Waals surface area (Å²) < 4.78 is 1.60. The minimum atomic E-state index is 0.0112. The van der Waals surface area contributed by atoms with Gasteiger partial charge in [-0.05, 0) is 37.4 Å². The third-order valence-electron chi connectivity index (χ3n) is 5.51. The molecule has 0 N–H and O–H groups in total. The molecule has 1 saturated heterocycles. The van der Waals surface area contributed by atoms with Crippen LogP contribution in [0.15, 0.2) is 55.4 Å². The van der Waals surface area contributed by atoms with Gasteiger partial charge >= 0.3 is 0 Å². The van der Waals surface area contributed by atoms with Crippen LogP contribution in [-0.4, -0.2) is 73.6 Å². The highest BCUT2D eigenvalue weighted by Crippen LogP contribution is 2.18. The fraction of sp³-hybridized carbons (Fsp3) is 0.273. The van der Waals surface area contributed by atoms with Crippen LogP contribution in [0.3, 0.4) is 0 Å². The second-order valence-corrected chi connectivity index (χ2v) is 7.67. The van der Waals surface area contributed by atoms with Crippen molar-refractivity contribution in [3.05, 3.63) is 66.6 Å². The number of Topliss-reactive ketones (excluding diaryl/α,β-unsaturated/α-hetero) is 1. The first-order chi connectivity index (χ1) is 15.2. The van der Waals surface area contributed by atoms with Crippen molar-refractivity contribution in [3.63, 3.8) is 0 Å². The average Bonchev–Trinajstić information content (AvgIpc) is 3.34. The van der Waals surface area contributed by atoms with E-state index < -0.39 is 0 Å². The quantitative estimate of drug-likeness (QED) is 0.456. The Kier molecular flexibility index (Phi) is 5.09. The molecule has 9 heteroatoms. The highest BCUT2D eigenvalue weighted by molar-refractivity contribution is 5.98. The molecule has 0 saturated carbocycles. The molecule has 1 aliphatic heterocycles. The number of piperazine rings is 1. The molecule has 0 bridgehead atoms. The van der Waals surface area contributed by atoms with Crippen molar-refractivity contribution < 1.29 is 4.79 Å². The summed E-state index contributed by atoms with van der Waals surface area (Å²) in [7, 11) is 2.12. The zero-order valence-corrected chi connectivity index (χ0v) is 17.2. The maximum atomic E-state index is 13.0. The van der Waals surface area contributed by atoms with Crippen molar-refractivity contribution in [1.82, 2.24) is 34.6 Å². The fourth-order valence-electron chi connectivity index (χ4n) is 3.66. The van der Waals surface area contributed by atoms with Gasteiger partial charge in [-0.3, -0.25) is 9.78 Å². The Morgan fingerprint density at radius 1 is 1.03 bits per heavy atom. The maximum absolute atomic E-state index is 13.0. The predicted octanol–water partition coefficient (Wildman–Crippen LogP) is 1.78. The number of likely N-dealkylation sites (N-methyl/N-ethyl adjacent to an activating group) is 1. The molecule has 0 radical (unpaired) electrons. The van der Waals surface area contributed by atoms with Gasteiger partial charge in [0, 0.05) is 49.5 Å². The number of hydrogen-bond acceptors (Lipinski definition) is 8. The summed E-state index contributed by atoms with van der Waals surface area (Å²) in [5.74, 6) is 1.53. The SMILES string of the molecule is CN1CCN(c2cc(C(=O)Cc3cc4nc(-n5cncn5)ccc4cn3)ccn2)CC1. The number of carbonyl (C=O) groups is 1. The van der Waals surface area contributed by atoms with Crippen LogP contribution in [0.2, 0.25) is 0 Å². The van der Waals surface area contributed by atoms with Gasteiger partial charge < -0.3 is 9.80 Å². The van der Waals surface area contributed by atoms with Crippen molar-refractivity contribution in [1.29, 1.82) is 0 Å². The highest BCUT2D eigenvalue weighted by Gasteiger charge is 2.17. The van der Waals surface area contributed by atoms with E-state index in [0.717, 1.165) is 42.9 Å². The molecule has 0 atom stereocenters. The zero-order chi connectivity index (χ0) is 21.2. The Morgan fingerprint density at radius 2 is 1.90 bits per heavy atom. The molecule has 0 unspecified atom stereocenters. The van der Waals surface area contributed by atoms with E-state index in [2.05, 4.69) is 41.9 Å². The van der Waals surface area contributed by atoms with Gasteiger partial charge in [0.05, 0.1) is 17.6 Å². The van der Waals surface area contributed by atoms with E-state index in [0.29, 0.717) is 17.1 Å². The Bertz CT molecular complexity index is 1220. The van der Waals surface area contributed by atoms with Crippen LogP contribution >= 0.6 is 0 Å². The number of anilines is 1. The van der Waals surface area contributed by atoms with Gasteiger partial charge in [0.1, 0.15) is 18.5 Å². The number of hydrogen-bond donors (Lipinski definition) is 0. The highest BCUT2D eigenvalue weighted by atomic mass is 16.1. The Labute approximate surface area is 179 Å². The molecule has 4 aromatic heterocycles. The number of ketones is 1. The molecule has 0 aromatic carbocycles. The topological polar surface area (TPSA) is 92.9 Å². The van der Waals surface area contributed by atoms with Crippen LogP contribution in [0.4, 0.5) is 5.82 Å². The minimum absolute atomic E-state index is 0.0112. The van der Waals surface area contributed by atoms with Gasteiger partial charge in [0.2, 0.25) is 0 Å². The molecular formula is C22H22N8O. The second kappa shape index (κ2) is 8.19. The number of fused-ring (bicyclic) bond motifs is 1. The van der Waals surface area contributed by atoms with E-state index >= 15 is 0 Å². The number of aromatic nitrogens is 6. The van der Waals surface area contributed by atoms with Gasteiger partial charge in [-0.2, -0.15) is 5.10 Å². The molecule has 5 rings (SSSR count). The van der Waals surface area contributed by atoms with Gasteiger partial charge in [0.15, 0.2) is 11.6 Å². The zero-order valence-electron chi connectivity index (χ0n) is 17.2. The van der Waals surface area contributed by atoms with Gasteiger partial charge in [-0.15, -0.1) is 0 Å². The number of nitrogens with zero attached hydrogens (tertiary/aromatic N) is 8. The van der Waals surface area contributed by atoms with Crippen molar-refractivity contribution >= 4 is 22.5 Å². The van der Waals surface area contributed by atoms with E-state index in [4.69, 9.17) is 0 Å². The van der Waals surface area contributed by atoms with Gasteiger partial charge in [-0.1, -0.05) is 0 Å². The molecule has 9 nitrogen and oxygen atoms in total. The first-order valence-electron chi connectivity index (χ1n) is 10.2. The standard InChI is InChI=1S/C22H22N8O/c1-28-6-8-29(9-7-28)22-10-16(4-5-24-22)20(31)12-18-11-19-17(13-25-18)2-3-21(27-19)30-15-23-14-26-30/h2-5,10-11,13-15H,6-9,12H2,1H3. The van der Waals surface area contributed by atoms with Crippen LogP contribution in [0.1, 0.15) is 16.1 Å². The predicted molar refractivity (Wildman–Crippen MR) is 116 cm³/mol. The summed E-state index contributed by atoms with van der Waals surface area (Å²) in [5.41, 5.74) is 2.09. The third kappa shape index (κ3) is 4.13. The van der Waals surface area contributed by atoms with Crippen LogP contribution in [0.5, 0.6) is 0 Å². The summed E-state index contributed by atoms with van der Waals surface area (Å²) in [4.78, 5) is 35.0. The largest absolute Gasteiger partial charge is 0.354 e. The van der Waals surface area contributed by atoms with E-state index in [-0.39, 0.29) is 12.2 Å². The molecule has 31 heavy (non-hydrogen) atoms. The molecule has 0 amide bonds. The molecule has 0 aliphatic carbocycles. The lowest BCUT2D eigenvalue weighted by atomic mass is 10.1. The van der Waals surface area contributed by atoms with Crippen molar-refractivity contribution in [3.8, 4) is 5.82 Å². The van der Waals surface area contributed by atoms with Gasteiger partial charge in [0.25, 0.3) is 0 Å². The summed E-state index contributed by atoms with van der Waals surface area (Å²) >= 11 is 0. The molecule has 1 aliphatic rings. The van der Waals surface area contributed by atoms with Crippen LogP contribution in [0, 0.1) is 0 Å². The molecule has 4 aromatic rings. The first-order valence-corrected chi connectivity index (χ1v) is 10.2. The number of pyridine rings is 3. The monoisotopic (exact) mass is 414 g/mol. The minimum Gasteiger partial charge on any atom is -0.354 e. The smallest absolute Gasteiger partial charge is 0.169 e. The number of rotatable bonds is 5. The van der Waals surface area contributed by atoms with Crippen molar-refractivity contribution in [2.24, 2.45) is 0 Å². The second-order valence-electron chi connectivity index (χ2n) is 7.67. The maximum Gasteiger partial charge on any atom is 0.169 e. The van der Waals surface area contributed by atoms with Crippen LogP contribution < -0.4 is 4.90 Å². The molecular weight excluding hydrogens is 392 g/mol. The normalized spacial score (nSPS) is 14.8. The summed E-state index contributed by atoms with van der Waals surface area (Å²) in [6.45, 7) is 3.80. The summed E-state index contributed by atoms with van der Waals surface area (Å²) in [5, 5.41) is 5.02. The molecule has 0 spiro atoms.